The summed E-state index contributed by atoms with van der Waals surface area (Å²) in [5.74, 6) is -0.427. The zero-order valence-corrected chi connectivity index (χ0v) is 18.1. The fourth-order valence-electron chi connectivity index (χ4n) is 4.90. The zero-order valence-electron chi connectivity index (χ0n) is 18.1. The first kappa shape index (κ1) is 22.4. The van der Waals surface area contributed by atoms with Crippen LogP contribution in [0.4, 0.5) is 24.7 Å². The molecule has 1 spiro atoms. The molecule has 0 atom stereocenters. The normalized spacial score (nSPS) is 19.4. The molecular formula is C23H22F3N5O3. The summed E-state index contributed by atoms with van der Waals surface area (Å²) in [5.41, 5.74) is -0.946. The van der Waals surface area contributed by atoms with Crippen LogP contribution in [0.5, 0.6) is 0 Å². The Balaban J connectivity index is 1.54. The van der Waals surface area contributed by atoms with Gasteiger partial charge in [-0.3, -0.25) is 9.48 Å². The summed E-state index contributed by atoms with van der Waals surface area (Å²) in [6.07, 6.45) is -0.473. The standard InChI is InChI=1S/C23H22F3N5O3/c24-23(25,26)15-1-3-16(4-2-15)29-19-18-17(5-12-28-20(18)32)31(30-19)21(10-11-27)6-8-22(9-7-21)33-13-14-34-22/h1-5,12H,6-10,13-14H2,(H,28,32)(H,29,30). The smallest absolute Gasteiger partial charge is 0.348 e. The molecule has 178 valence electrons. The summed E-state index contributed by atoms with van der Waals surface area (Å²) in [4.78, 5) is 15.4. The minimum absolute atomic E-state index is 0.173. The summed E-state index contributed by atoms with van der Waals surface area (Å²) in [5, 5.41) is 17.6. The molecule has 0 amide bonds. The van der Waals surface area contributed by atoms with Crippen molar-refractivity contribution in [3.05, 3.63) is 52.4 Å². The van der Waals surface area contributed by atoms with Gasteiger partial charge in [0.1, 0.15) is 5.39 Å². The number of nitrogens with one attached hydrogen (secondary N) is 2. The number of halogens is 3. The Hall–Kier alpha value is -3.36. The molecule has 0 unspecified atom stereocenters. The van der Waals surface area contributed by atoms with E-state index in [0.29, 0.717) is 50.1 Å². The first-order valence-electron chi connectivity index (χ1n) is 11.0. The molecule has 2 aromatic heterocycles. The van der Waals surface area contributed by atoms with Crippen LogP contribution in [0, 0.1) is 11.3 Å². The third-order valence-electron chi connectivity index (χ3n) is 6.69. The lowest BCUT2D eigenvalue weighted by Crippen LogP contribution is -2.45. The third-order valence-corrected chi connectivity index (χ3v) is 6.69. The average Bonchev–Trinajstić information content (AvgIpc) is 3.42. The molecule has 2 fully saturated rings. The van der Waals surface area contributed by atoms with Gasteiger partial charge in [0.15, 0.2) is 11.6 Å². The predicted octanol–water partition coefficient (Wildman–Crippen LogP) is 4.41. The van der Waals surface area contributed by atoms with Crippen LogP contribution >= 0.6 is 0 Å². The number of H-pyrrole nitrogens is 1. The Morgan fingerprint density at radius 2 is 1.79 bits per heavy atom. The minimum atomic E-state index is -4.45. The quantitative estimate of drug-likeness (QED) is 0.582. The number of rotatable bonds is 4. The van der Waals surface area contributed by atoms with E-state index < -0.39 is 23.1 Å². The molecule has 11 heteroatoms. The van der Waals surface area contributed by atoms with Gasteiger partial charge in [-0.2, -0.15) is 23.5 Å². The lowest BCUT2D eigenvalue weighted by molar-refractivity contribution is -0.190. The van der Waals surface area contributed by atoms with Crippen molar-refractivity contribution in [1.82, 2.24) is 14.8 Å². The SMILES string of the molecule is N#CCC1(n2nc(Nc3ccc(C(F)(F)F)cc3)c3c(=O)[nH]ccc32)CCC2(CC1)OCCO2. The van der Waals surface area contributed by atoms with Crippen molar-refractivity contribution in [1.29, 1.82) is 5.26 Å². The Kier molecular flexibility index (Phi) is 5.37. The number of benzene rings is 1. The van der Waals surface area contributed by atoms with Gasteiger partial charge in [-0.05, 0) is 43.2 Å². The van der Waals surface area contributed by atoms with E-state index in [1.807, 2.05) is 0 Å². The second-order valence-corrected chi connectivity index (χ2v) is 8.69. The molecule has 2 N–H and O–H groups in total. The number of hydrogen-bond donors (Lipinski definition) is 2. The summed E-state index contributed by atoms with van der Waals surface area (Å²) < 4.78 is 52.1. The van der Waals surface area contributed by atoms with Crippen LogP contribution in [-0.2, 0) is 21.2 Å². The van der Waals surface area contributed by atoms with E-state index >= 15 is 0 Å². The fraction of sp³-hybridized carbons (Fsp3) is 0.435. The summed E-state index contributed by atoms with van der Waals surface area (Å²) >= 11 is 0. The van der Waals surface area contributed by atoms with Gasteiger partial charge in [-0.15, -0.1) is 0 Å². The van der Waals surface area contributed by atoms with Gasteiger partial charge in [0, 0.05) is 24.7 Å². The van der Waals surface area contributed by atoms with Gasteiger partial charge in [0.25, 0.3) is 5.56 Å². The molecule has 0 radical (unpaired) electrons. The molecule has 1 aliphatic carbocycles. The fourth-order valence-corrected chi connectivity index (χ4v) is 4.90. The van der Waals surface area contributed by atoms with E-state index in [2.05, 4.69) is 21.5 Å². The van der Waals surface area contributed by atoms with Gasteiger partial charge < -0.3 is 19.8 Å². The first-order valence-corrected chi connectivity index (χ1v) is 11.0. The van der Waals surface area contributed by atoms with Crippen LogP contribution in [0.25, 0.3) is 10.9 Å². The van der Waals surface area contributed by atoms with Crippen molar-refractivity contribution in [3.63, 3.8) is 0 Å². The number of alkyl halides is 3. The summed E-state index contributed by atoms with van der Waals surface area (Å²) in [6.45, 7) is 1.07. The van der Waals surface area contributed by atoms with Crippen molar-refractivity contribution in [2.75, 3.05) is 18.5 Å². The van der Waals surface area contributed by atoms with Crippen LogP contribution in [0.15, 0.2) is 41.3 Å². The summed E-state index contributed by atoms with van der Waals surface area (Å²) in [7, 11) is 0. The Morgan fingerprint density at radius 1 is 1.12 bits per heavy atom. The molecular weight excluding hydrogens is 451 g/mol. The number of fused-ring (bicyclic) bond motifs is 1. The van der Waals surface area contributed by atoms with Gasteiger partial charge in [-0.25, -0.2) is 0 Å². The Bertz CT molecular complexity index is 1290. The number of pyridine rings is 1. The molecule has 3 aromatic rings. The van der Waals surface area contributed by atoms with Crippen molar-refractivity contribution in [2.24, 2.45) is 0 Å². The maximum absolute atomic E-state index is 12.9. The highest BCUT2D eigenvalue weighted by Crippen LogP contribution is 2.46. The van der Waals surface area contributed by atoms with Crippen LogP contribution in [0.3, 0.4) is 0 Å². The van der Waals surface area contributed by atoms with Gasteiger partial charge in [-0.1, -0.05) is 0 Å². The predicted molar refractivity (Wildman–Crippen MR) is 116 cm³/mol. The van der Waals surface area contributed by atoms with E-state index in [1.54, 1.807) is 10.7 Å². The minimum Gasteiger partial charge on any atom is -0.348 e. The maximum atomic E-state index is 12.9. The topological polar surface area (TPSA) is 105 Å². The van der Waals surface area contributed by atoms with Crippen molar-refractivity contribution >= 4 is 22.4 Å². The van der Waals surface area contributed by atoms with E-state index in [0.717, 1.165) is 12.1 Å². The molecule has 34 heavy (non-hydrogen) atoms. The molecule has 8 nitrogen and oxygen atoms in total. The molecule has 1 aromatic carbocycles. The van der Waals surface area contributed by atoms with Crippen molar-refractivity contribution in [3.8, 4) is 6.07 Å². The average molecular weight is 473 g/mol. The molecule has 5 rings (SSSR count). The number of aromatic amines is 1. The van der Waals surface area contributed by atoms with Gasteiger partial charge >= 0.3 is 6.18 Å². The molecule has 2 aliphatic rings. The van der Waals surface area contributed by atoms with Gasteiger partial charge in [0.05, 0.1) is 42.3 Å². The molecule has 1 saturated heterocycles. The van der Waals surface area contributed by atoms with Gasteiger partial charge in [0.2, 0.25) is 0 Å². The second kappa shape index (κ2) is 8.14. The second-order valence-electron chi connectivity index (χ2n) is 8.69. The molecule has 3 heterocycles. The number of nitrogens with zero attached hydrogens (tertiary/aromatic N) is 3. The number of ether oxygens (including phenoxy) is 2. The van der Waals surface area contributed by atoms with E-state index in [-0.39, 0.29) is 23.2 Å². The van der Waals surface area contributed by atoms with Crippen LogP contribution in [0.1, 0.15) is 37.7 Å². The molecule has 1 aliphatic heterocycles. The first-order chi connectivity index (χ1) is 16.3. The van der Waals surface area contributed by atoms with Crippen LogP contribution in [-0.4, -0.2) is 33.8 Å². The van der Waals surface area contributed by atoms with E-state index in [9.17, 15) is 23.2 Å². The Labute approximate surface area is 192 Å². The number of aromatic nitrogens is 3. The monoisotopic (exact) mass is 473 g/mol. The highest BCUT2D eigenvalue weighted by atomic mass is 19.4. The van der Waals surface area contributed by atoms with E-state index in [1.165, 1.54) is 18.3 Å². The molecule has 1 saturated carbocycles. The Morgan fingerprint density at radius 3 is 2.41 bits per heavy atom. The number of nitriles is 1. The van der Waals surface area contributed by atoms with Crippen LogP contribution in [0.2, 0.25) is 0 Å². The van der Waals surface area contributed by atoms with E-state index in [4.69, 9.17) is 9.47 Å². The van der Waals surface area contributed by atoms with Crippen LogP contribution < -0.4 is 10.9 Å². The zero-order chi connectivity index (χ0) is 24.0. The maximum Gasteiger partial charge on any atom is 0.416 e. The van der Waals surface area contributed by atoms with Crippen molar-refractivity contribution < 1.29 is 22.6 Å². The lowest BCUT2D eigenvalue weighted by Gasteiger charge is -2.43. The largest absolute Gasteiger partial charge is 0.416 e. The van der Waals surface area contributed by atoms with Crippen molar-refractivity contribution in [2.45, 2.75) is 49.6 Å². The molecule has 0 bridgehead atoms. The third kappa shape index (κ3) is 3.82. The summed E-state index contributed by atoms with van der Waals surface area (Å²) in [6, 6.07) is 8.48. The number of hydrogen-bond acceptors (Lipinski definition) is 6. The highest BCUT2D eigenvalue weighted by Gasteiger charge is 2.48. The highest BCUT2D eigenvalue weighted by molar-refractivity contribution is 5.91. The number of anilines is 2. The lowest BCUT2D eigenvalue weighted by atomic mass is 9.76.